The topological polar surface area (TPSA) is 73.2 Å². The highest BCUT2D eigenvalue weighted by Crippen LogP contribution is 2.33. The molecule has 0 atom stereocenters. The Hall–Kier alpha value is -3.06. The standard InChI is InChI=1S/C20H19N3O3S/c1-22(2)16-10-4-13(5-11-16)12-17-18(24)23(3)20(27-17)21-15-8-6-14(7-9-15)19(25)26/h4-12H,1-3H3,(H,25,26). The Morgan fingerprint density at radius 2 is 1.74 bits per heavy atom. The molecule has 7 heteroatoms. The van der Waals surface area contributed by atoms with Gasteiger partial charge < -0.3 is 10.0 Å². The predicted octanol–water partition coefficient (Wildman–Crippen LogP) is 3.68. The Morgan fingerprint density at radius 1 is 1.11 bits per heavy atom. The number of carboxylic acids is 1. The summed E-state index contributed by atoms with van der Waals surface area (Å²) in [4.78, 5) is 32.0. The van der Waals surface area contributed by atoms with Crippen LogP contribution in [0.25, 0.3) is 6.08 Å². The fraction of sp³-hybridized carbons (Fsp3) is 0.150. The molecule has 6 nitrogen and oxygen atoms in total. The Morgan fingerprint density at radius 3 is 2.30 bits per heavy atom. The quantitative estimate of drug-likeness (QED) is 0.818. The lowest BCUT2D eigenvalue weighted by molar-refractivity contribution is -0.121. The Kier molecular flexibility index (Phi) is 5.32. The van der Waals surface area contributed by atoms with E-state index < -0.39 is 5.97 Å². The minimum absolute atomic E-state index is 0.113. The van der Waals surface area contributed by atoms with Gasteiger partial charge in [0.2, 0.25) is 0 Å². The summed E-state index contributed by atoms with van der Waals surface area (Å²) in [5.74, 6) is -1.10. The number of aliphatic imine (C=N–C) groups is 1. The fourth-order valence-corrected chi connectivity index (χ4v) is 3.45. The van der Waals surface area contributed by atoms with Gasteiger partial charge in [-0.2, -0.15) is 0 Å². The van der Waals surface area contributed by atoms with Gasteiger partial charge in [-0.15, -0.1) is 0 Å². The second kappa shape index (κ2) is 7.67. The highest BCUT2D eigenvalue weighted by molar-refractivity contribution is 8.18. The third-order valence-electron chi connectivity index (χ3n) is 4.05. The molecule has 0 saturated carbocycles. The summed E-state index contributed by atoms with van der Waals surface area (Å²) in [6.07, 6.45) is 1.85. The number of amides is 1. The summed E-state index contributed by atoms with van der Waals surface area (Å²) >= 11 is 1.30. The van der Waals surface area contributed by atoms with Crippen molar-refractivity contribution in [3.05, 3.63) is 64.6 Å². The van der Waals surface area contributed by atoms with Crippen molar-refractivity contribution in [2.75, 3.05) is 26.0 Å². The third kappa shape index (κ3) is 4.20. The van der Waals surface area contributed by atoms with Crippen LogP contribution in [0, 0.1) is 0 Å². The number of carbonyl (C=O) groups excluding carboxylic acids is 1. The number of carbonyl (C=O) groups is 2. The number of hydrogen-bond donors (Lipinski definition) is 1. The Labute approximate surface area is 161 Å². The zero-order valence-electron chi connectivity index (χ0n) is 15.2. The van der Waals surface area contributed by atoms with Gasteiger partial charge in [0.1, 0.15) is 0 Å². The van der Waals surface area contributed by atoms with Crippen LogP contribution >= 0.6 is 11.8 Å². The van der Waals surface area contributed by atoms with Crippen molar-refractivity contribution in [3.63, 3.8) is 0 Å². The van der Waals surface area contributed by atoms with Gasteiger partial charge in [0.05, 0.1) is 16.2 Å². The molecule has 1 fully saturated rings. The third-order valence-corrected chi connectivity index (χ3v) is 5.11. The minimum Gasteiger partial charge on any atom is -0.478 e. The number of benzene rings is 2. The monoisotopic (exact) mass is 381 g/mol. The maximum Gasteiger partial charge on any atom is 0.335 e. The SMILES string of the molecule is CN1C(=O)C(=Cc2ccc(N(C)C)cc2)SC1=Nc1ccc(C(=O)O)cc1. The van der Waals surface area contributed by atoms with Gasteiger partial charge in [-0.1, -0.05) is 12.1 Å². The average molecular weight is 381 g/mol. The van der Waals surface area contributed by atoms with Crippen LogP contribution in [-0.4, -0.2) is 48.2 Å². The van der Waals surface area contributed by atoms with Crippen LogP contribution in [0.3, 0.4) is 0 Å². The highest BCUT2D eigenvalue weighted by Gasteiger charge is 2.30. The number of thioether (sulfide) groups is 1. The lowest BCUT2D eigenvalue weighted by Gasteiger charge is -2.11. The molecule has 0 bridgehead atoms. The summed E-state index contributed by atoms with van der Waals surface area (Å²) in [6, 6.07) is 14.2. The second-order valence-corrected chi connectivity index (χ2v) is 7.22. The molecule has 0 aromatic heterocycles. The molecule has 138 valence electrons. The van der Waals surface area contributed by atoms with Crippen molar-refractivity contribution in [2.24, 2.45) is 4.99 Å². The molecule has 1 saturated heterocycles. The van der Waals surface area contributed by atoms with Gasteiger partial charge in [0.25, 0.3) is 5.91 Å². The highest BCUT2D eigenvalue weighted by atomic mass is 32.2. The van der Waals surface area contributed by atoms with E-state index in [-0.39, 0.29) is 11.5 Å². The summed E-state index contributed by atoms with van der Waals surface area (Å²) in [5.41, 5.74) is 2.83. The maximum absolute atomic E-state index is 12.5. The molecular weight excluding hydrogens is 362 g/mol. The van der Waals surface area contributed by atoms with E-state index in [1.165, 1.54) is 28.8 Å². The molecule has 1 aliphatic rings. The van der Waals surface area contributed by atoms with Gasteiger partial charge in [0.15, 0.2) is 5.17 Å². The molecule has 0 unspecified atom stereocenters. The molecular formula is C20H19N3O3S. The summed E-state index contributed by atoms with van der Waals surface area (Å²) < 4.78 is 0. The maximum atomic E-state index is 12.5. The second-order valence-electron chi connectivity index (χ2n) is 6.21. The first-order valence-corrected chi connectivity index (χ1v) is 9.04. The molecule has 2 aromatic rings. The first-order chi connectivity index (χ1) is 12.8. The zero-order chi connectivity index (χ0) is 19.6. The first kappa shape index (κ1) is 18.7. The molecule has 27 heavy (non-hydrogen) atoms. The van der Waals surface area contributed by atoms with Crippen molar-refractivity contribution in [2.45, 2.75) is 0 Å². The molecule has 1 aliphatic heterocycles. The minimum atomic E-state index is -0.984. The van der Waals surface area contributed by atoms with E-state index >= 15 is 0 Å². The number of aromatic carboxylic acids is 1. The van der Waals surface area contributed by atoms with Crippen LogP contribution in [0.4, 0.5) is 11.4 Å². The molecule has 1 N–H and O–H groups in total. The van der Waals surface area contributed by atoms with Crippen LogP contribution in [0.2, 0.25) is 0 Å². The van der Waals surface area contributed by atoms with Gasteiger partial charge in [-0.25, -0.2) is 9.79 Å². The van der Waals surface area contributed by atoms with E-state index in [9.17, 15) is 9.59 Å². The lowest BCUT2D eigenvalue weighted by Crippen LogP contribution is -2.23. The van der Waals surface area contributed by atoms with E-state index in [4.69, 9.17) is 5.11 Å². The van der Waals surface area contributed by atoms with Crippen LogP contribution in [0.1, 0.15) is 15.9 Å². The van der Waals surface area contributed by atoms with Gasteiger partial charge in [-0.05, 0) is 59.8 Å². The number of nitrogens with zero attached hydrogens (tertiary/aromatic N) is 3. The van der Waals surface area contributed by atoms with Gasteiger partial charge >= 0.3 is 5.97 Å². The van der Waals surface area contributed by atoms with E-state index in [1.807, 2.05) is 49.3 Å². The first-order valence-electron chi connectivity index (χ1n) is 8.22. The molecule has 0 spiro atoms. The number of likely N-dealkylation sites (N-methyl/N-ethyl adjacent to an activating group) is 1. The molecule has 0 radical (unpaired) electrons. The van der Waals surface area contributed by atoms with Crippen molar-refractivity contribution < 1.29 is 14.7 Å². The van der Waals surface area contributed by atoms with Crippen molar-refractivity contribution >= 4 is 46.3 Å². The summed E-state index contributed by atoms with van der Waals surface area (Å²) in [6.45, 7) is 0. The van der Waals surface area contributed by atoms with E-state index in [0.717, 1.165) is 11.3 Å². The van der Waals surface area contributed by atoms with Crippen LogP contribution in [0.15, 0.2) is 58.4 Å². The van der Waals surface area contributed by atoms with Gasteiger partial charge in [-0.3, -0.25) is 9.69 Å². The van der Waals surface area contributed by atoms with Crippen LogP contribution in [-0.2, 0) is 4.79 Å². The number of amidine groups is 1. The van der Waals surface area contributed by atoms with Crippen molar-refractivity contribution in [1.82, 2.24) is 4.90 Å². The predicted molar refractivity (Wildman–Crippen MR) is 110 cm³/mol. The van der Waals surface area contributed by atoms with Crippen molar-refractivity contribution in [1.29, 1.82) is 0 Å². The largest absolute Gasteiger partial charge is 0.478 e. The number of hydrogen-bond acceptors (Lipinski definition) is 5. The van der Waals surface area contributed by atoms with Crippen LogP contribution < -0.4 is 4.90 Å². The number of anilines is 1. The Bertz CT molecular complexity index is 932. The summed E-state index contributed by atoms with van der Waals surface area (Å²) in [5, 5.41) is 9.51. The van der Waals surface area contributed by atoms with Crippen LogP contribution in [0.5, 0.6) is 0 Å². The number of carboxylic acid groups (broad SMARTS) is 1. The normalized spacial score (nSPS) is 17.0. The molecule has 3 rings (SSSR count). The Balaban J connectivity index is 1.82. The smallest absolute Gasteiger partial charge is 0.335 e. The van der Waals surface area contributed by atoms with E-state index in [0.29, 0.717) is 15.8 Å². The molecule has 1 heterocycles. The fourth-order valence-electron chi connectivity index (χ4n) is 2.46. The average Bonchev–Trinajstić information content (AvgIpc) is 2.90. The molecule has 1 amide bonds. The van der Waals surface area contributed by atoms with E-state index in [1.54, 1.807) is 19.2 Å². The molecule has 0 aliphatic carbocycles. The van der Waals surface area contributed by atoms with E-state index in [2.05, 4.69) is 4.99 Å². The summed E-state index contributed by atoms with van der Waals surface area (Å²) in [7, 11) is 5.63. The van der Waals surface area contributed by atoms with Crippen molar-refractivity contribution in [3.8, 4) is 0 Å². The molecule has 2 aromatic carbocycles. The lowest BCUT2D eigenvalue weighted by atomic mass is 10.2. The zero-order valence-corrected chi connectivity index (χ0v) is 16.0. The number of rotatable bonds is 4. The van der Waals surface area contributed by atoms with Gasteiger partial charge in [0, 0.05) is 26.8 Å².